The number of carbonyl (C=O) groups is 1. The van der Waals surface area contributed by atoms with Gasteiger partial charge in [-0.1, -0.05) is 18.6 Å². The third kappa shape index (κ3) is 4.37. The molecule has 0 amide bonds. The molecule has 0 saturated carbocycles. The highest BCUT2D eigenvalue weighted by Gasteiger charge is 1.89. The number of rotatable bonds is 3. The quantitative estimate of drug-likeness (QED) is 0.449. The van der Waals surface area contributed by atoms with Gasteiger partial charge in [-0.15, -0.1) is 0 Å². The van der Waals surface area contributed by atoms with E-state index in [1.165, 1.54) is 0 Å². The molecule has 0 aromatic carbocycles. The number of carboxylic acid groups (broad SMARTS) is 1. The predicted octanol–water partition coefficient (Wildman–Crippen LogP) is 1.04. The topological polar surface area (TPSA) is 40.1 Å². The maximum Gasteiger partial charge on any atom is 0.0642 e. The summed E-state index contributed by atoms with van der Waals surface area (Å²) in [6, 6.07) is 0. The number of carbonyl (C=O) groups excluding carboxylic acids is 1. The lowest BCUT2D eigenvalue weighted by Crippen LogP contribution is -2.18. The maximum atomic E-state index is 10.0. The van der Waals surface area contributed by atoms with Crippen molar-refractivity contribution < 1.29 is 9.90 Å². The summed E-state index contributed by atoms with van der Waals surface area (Å²) in [7, 11) is 0. The molecule has 0 saturated heterocycles. The zero-order chi connectivity index (χ0) is 8.85. The van der Waals surface area contributed by atoms with E-state index in [1.54, 1.807) is 6.08 Å². The number of allylic oxidation sites excluding steroid dienone is 3. The largest absolute Gasteiger partial charge is 0.545 e. The standard InChI is InChI=1S/C9H14O2/c1-4-8(7(2)3)5-6-9(10)11/h5-6H,4H2,1-3H3,(H,10,11)/p-1/b6-5+. The molecule has 0 heterocycles. The Kier molecular flexibility index (Phi) is 4.27. The Morgan fingerprint density at radius 3 is 2.18 bits per heavy atom. The van der Waals surface area contributed by atoms with Crippen molar-refractivity contribution in [2.24, 2.45) is 0 Å². The average Bonchev–Trinajstić information content (AvgIpc) is 1.87. The summed E-state index contributed by atoms with van der Waals surface area (Å²) in [5.74, 6) is -1.14. The van der Waals surface area contributed by atoms with E-state index in [4.69, 9.17) is 0 Å². The molecule has 0 bridgehead atoms. The number of hydrogen-bond donors (Lipinski definition) is 0. The van der Waals surface area contributed by atoms with Crippen LogP contribution >= 0.6 is 0 Å². The molecular weight excluding hydrogens is 140 g/mol. The van der Waals surface area contributed by atoms with Crippen molar-refractivity contribution in [1.29, 1.82) is 0 Å². The van der Waals surface area contributed by atoms with Gasteiger partial charge in [-0.3, -0.25) is 0 Å². The van der Waals surface area contributed by atoms with E-state index in [-0.39, 0.29) is 0 Å². The Bertz CT molecular complexity index is 196. The number of hydrogen-bond acceptors (Lipinski definition) is 2. The molecule has 0 aromatic rings. The Morgan fingerprint density at radius 2 is 1.91 bits per heavy atom. The molecule has 0 rings (SSSR count). The smallest absolute Gasteiger partial charge is 0.0642 e. The van der Waals surface area contributed by atoms with Gasteiger partial charge in [0.2, 0.25) is 0 Å². The summed E-state index contributed by atoms with van der Waals surface area (Å²) >= 11 is 0. The van der Waals surface area contributed by atoms with Gasteiger partial charge in [0.25, 0.3) is 0 Å². The van der Waals surface area contributed by atoms with E-state index in [0.29, 0.717) is 0 Å². The summed E-state index contributed by atoms with van der Waals surface area (Å²) in [6.07, 6.45) is 3.50. The molecule has 0 aromatic heterocycles. The second-order valence-electron chi connectivity index (χ2n) is 2.53. The van der Waals surface area contributed by atoms with Crippen LogP contribution in [-0.2, 0) is 4.79 Å². The van der Waals surface area contributed by atoms with Crippen molar-refractivity contribution in [1.82, 2.24) is 0 Å². The van der Waals surface area contributed by atoms with Gasteiger partial charge in [0.05, 0.1) is 5.97 Å². The molecule has 0 unspecified atom stereocenters. The van der Waals surface area contributed by atoms with Crippen LogP contribution in [0.3, 0.4) is 0 Å². The van der Waals surface area contributed by atoms with Crippen LogP contribution in [0, 0.1) is 0 Å². The van der Waals surface area contributed by atoms with Crippen LogP contribution in [0.2, 0.25) is 0 Å². The first-order valence-corrected chi connectivity index (χ1v) is 3.63. The van der Waals surface area contributed by atoms with Crippen molar-refractivity contribution in [2.75, 3.05) is 0 Å². The van der Waals surface area contributed by atoms with E-state index in [2.05, 4.69) is 0 Å². The Morgan fingerprint density at radius 1 is 1.36 bits per heavy atom. The zero-order valence-electron chi connectivity index (χ0n) is 7.18. The van der Waals surface area contributed by atoms with E-state index in [9.17, 15) is 9.90 Å². The van der Waals surface area contributed by atoms with Crippen molar-refractivity contribution in [2.45, 2.75) is 27.2 Å². The molecule has 0 atom stereocenters. The highest BCUT2D eigenvalue weighted by molar-refractivity contribution is 5.78. The second-order valence-corrected chi connectivity index (χ2v) is 2.53. The molecule has 0 aliphatic heterocycles. The summed E-state index contributed by atoms with van der Waals surface area (Å²) in [5.41, 5.74) is 2.19. The minimum Gasteiger partial charge on any atom is -0.545 e. The van der Waals surface area contributed by atoms with Gasteiger partial charge in [-0.2, -0.15) is 0 Å². The lowest BCUT2D eigenvalue weighted by Gasteiger charge is -1.99. The third-order valence-corrected chi connectivity index (χ3v) is 1.44. The normalized spacial score (nSPS) is 10.1. The van der Waals surface area contributed by atoms with E-state index in [0.717, 1.165) is 23.6 Å². The van der Waals surface area contributed by atoms with Crippen molar-refractivity contribution in [3.63, 3.8) is 0 Å². The highest BCUT2D eigenvalue weighted by atomic mass is 16.4. The first-order chi connectivity index (χ1) is 5.07. The summed E-state index contributed by atoms with van der Waals surface area (Å²) in [5, 5.41) is 10.0. The average molecular weight is 153 g/mol. The third-order valence-electron chi connectivity index (χ3n) is 1.44. The predicted molar refractivity (Wildman–Crippen MR) is 42.8 cm³/mol. The number of aliphatic carboxylic acids is 1. The molecule has 11 heavy (non-hydrogen) atoms. The zero-order valence-corrected chi connectivity index (χ0v) is 7.18. The maximum absolute atomic E-state index is 10.0. The molecule has 0 aliphatic rings. The second kappa shape index (κ2) is 4.72. The first kappa shape index (κ1) is 9.95. The minimum absolute atomic E-state index is 0.853. The molecule has 0 spiro atoms. The van der Waals surface area contributed by atoms with Gasteiger partial charge in [-0.25, -0.2) is 0 Å². The summed E-state index contributed by atoms with van der Waals surface area (Å²) in [6.45, 7) is 5.90. The van der Waals surface area contributed by atoms with Crippen molar-refractivity contribution in [3.05, 3.63) is 23.3 Å². The Balaban J connectivity index is 4.33. The van der Waals surface area contributed by atoms with Crippen LogP contribution in [-0.4, -0.2) is 5.97 Å². The lowest BCUT2D eigenvalue weighted by atomic mass is 10.1. The molecule has 2 heteroatoms. The molecule has 0 aliphatic carbocycles. The van der Waals surface area contributed by atoms with Crippen LogP contribution in [0.1, 0.15) is 27.2 Å². The summed E-state index contributed by atoms with van der Waals surface area (Å²) < 4.78 is 0. The van der Waals surface area contributed by atoms with Gasteiger partial charge in [-0.05, 0) is 31.9 Å². The molecule has 0 radical (unpaired) electrons. The lowest BCUT2D eigenvalue weighted by molar-refractivity contribution is -0.297. The van der Waals surface area contributed by atoms with Crippen LogP contribution in [0.25, 0.3) is 0 Å². The Labute approximate surface area is 67.2 Å². The van der Waals surface area contributed by atoms with E-state index >= 15 is 0 Å². The van der Waals surface area contributed by atoms with Crippen LogP contribution in [0.15, 0.2) is 23.3 Å². The Hall–Kier alpha value is -1.05. The number of carboxylic acids is 1. The molecule has 0 N–H and O–H groups in total. The van der Waals surface area contributed by atoms with Crippen LogP contribution in [0.4, 0.5) is 0 Å². The monoisotopic (exact) mass is 153 g/mol. The minimum atomic E-state index is -1.14. The van der Waals surface area contributed by atoms with Crippen LogP contribution in [0.5, 0.6) is 0 Å². The molecule has 62 valence electrons. The van der Waals surface area contributed by atoms with Crippen molar-refractivity contribution in [3.8, 4) is 0 Å². The fraction of sp³-hybridized carbons (Fsp3) is 0.444. The molecule has 2 nitrogen and oxygen atoms in total. The van der Waals surface area contributed by atoms with E-state index < -0.39 is 5.97 Å². The fourth-order valence-electron chi connectivity index (χ4n) is 0.807. The van der Waals surface area contributed by atoms with Gasteiger partial charge in [0.1, 0.15) is 0 Å². The SMILES string of the molecule is CCC(/C=C/C(=O)[O-])=C(C)C. The van der Waals surface area contributed by atoms with Gasteiger partial charge in [0.15, 0.2) is 0 Å². The molecular formula is C9H13O2-. The van der Waals surface area contributed by atoms with Crippen molar-refractivity contribution >= 4 is 5.97 Å². The molecule has 0 fully saturated rings. The van der Waals surface area contributed by atoms with Gasteiger partial charge >= 0.3 is 0 Å². The fourth-order valence-corrected chi connectivity index (χ4v) is 0.807. The summed E-state index contributed by atoms with van der Waals surface area (Å²) in [4.78, 5) is 10.0. The highest BCUT2D eigenvalue weighted by Crippen LogP contribution is 2.08. The van der Waals surface area contributed by atoms with Gasteiger partial charge < -0.3 is 9.90 Å². The van der Waals surface area contributed by atoms with Crippen LogP contribution < -0.4 is 5.11 Å². The van der Waals surface area contributed by atoms with Gasteiger partial charge in [0, 0.05) is 0 Å². The first-order valence-electron chi connectivity index (χ1n) is 3.63. The van der Waals surface area contributed by atoms with E-state index in [1.807, 2.05) is 20.8 Å².